The molecule has 0 radical (unpaired) electrons. The van der Waals surface area contributed by atoms with E-state index in [1.165, 1.54) is 4.90 Å². The van der Waals surface area contributed by atoms with E-state index in [2.05, 4.69) is 5.32 Å². The molecule has 0 saturated heterocycles. The van der Waals surface area contributed by atoms with Gasteiger partial charge in [0.05, 0.1) is 19.1 Å². The van der Waals surface area contributed by atoms with Gasteiger partial charge < -0.3 is 19.7 Å². The molecule has 41 heavy (non-hydrogen) atoms. The minimum Gasteiger partial charge on any atom is -0.497 e. The quantitative estimate of drug-likeness (QED) is 0.254. The van der Waals surface area contributed by atoms with Crippen LogP contribution in [-0.2, 0) is 26.2 Å². The molecular formula is C31H39N3O6S. The lowest BCUT2D eigenvalue weighted by molar-refractivity contribution is -0.140. The molecule has 220 valence electrons. The molecule has 2 amide bonds. The second-order valence-electron chi connectivity index (χ2n) is 9.62. The van der Waals surface area contributed by atoms with Crippen molar-refractivity contribution in [2.45, 2.75) is 45.7 Å². The first kappa shape index (κ1) is 31.5. The van der Waals surface area contributed by atoms with Gasteiger partial charge in [0.1, 0.15) is 29.8 Å². The fraction of sp³-hybridized carbons (Fsp3) is 0.355. The molecule has 10 heteroatoms. The number of rotatable bonds is 15. The molecule has 9 nitrogen and oxygen atoms in total. The van der Waals surface area contributed by atoms with E-state index in [1.807, 2.05) is 50.2 Å². The zero-order valence-electron chi connectivity index (χ0n) is 24.1. The van der Waals surface area contributed by atoms with Crippen LogP contribution in [0.1, 0.15) is 38.7 Å². The van der Waals surface area contributed by atoms with Gasteiger partial charge in [0.15, 0.2) is 0 Å². The standard InChI is InChI=1S/C31H39N3O6S/c1-5-7-20-32-31(36)29(6-2)33(22-24-12-11-15-28(21-24)39-3)30(35)23-34(41(4,37)38)25-16-18-27(19-17-25)40-26-13-9-8-10-14-26/h8-19,21,29H,5-7,20,22-23H2,1-4H3,(H,32,36)/t29-/m1/s1. The van der Waals surface area contributed by atoms with Gasteiger partial charge in [0.2, 0.25) is 21.8 Å². The molecule has 0 aliphatic rings. The molecule has 3 aromatic carbocycles. The van der Waals surface area contributed by atoms with Gasteiger partial charge in [-0.05, 0) is 66.9 Å². The van der Waals surface area contributed by atoms with Crippen LogP contribution in [0.3, 0.4) is 0 Å². The summed E-state index contributed by atoms with van der Waals surface area (Å²) in [7, 11) is -2.29. The summed E-state index contributed by atoms with van der Waals surface area (Å²) in [6, 6.07) is 22.1. The smallest absolute Gasteiger partial charge is 0.244 e. The predicted octanol–water partition coefficient (Wildman–Crippen LogP) is 4.98. The van der Waals surface area contributed by atoms with Crippen LogP contribution in [0.2, 0.25) is 0 Å². The van der Waals surface area contributed by atoms with Crippen molar-refractivity contribution in [2.75, 3.05) is 30.8 Å². The van der Waals surface area contributed by atoms with Crippen LogP contribution < -0.4 is 19.1 Å². The average molecular weight is 582 g/mol. The van der Waals surface area contributed by atoms with Crippen molar-refractivity contribution < 1.29 is 27.5 Å². The summed E-state index contributed by atoms with van der Waals surface area (Å²) < 4.78 is 38.0. The summed E-state index contributed by atoms with van der Waals surface area (Å²) in [6.07, 6.45) is 3.15. The van der Waals surface area contributed by atoms with E-state index >= 15 is 0 Å². The number of hydrogen-bond acceptors (Lipinski definition) is 6. The Kier molecular flexibility index (Phi) is 11.6. The first-order valence-electron chi connectivity index (χ1n) is 13.7. The average Bonchev–Trinajstić information content (AvgIpc) is 2.96. The van der Waals surface area contributed by atoms with Crippen LogP contribution in [0.25, 0.3) is 0 Å². The van der Waals surface area contributed by atoms with E-state index in [0.29, 0.717) is 35.9 Å². The van der Waals surface area contributed by atoms with Gasteiger partial charge in [-0.15, -0.1) is 0 Å². The maximum Gasteiger partial charge on any atom is 0.244 e. The van der Waals surface area contributed by atoms with Crippen molar-refractivity contribution in [3.8, 4) is 17.2 Å². The minimum absolute atomic E-state index is 0.108. The van der Waals surface area contributed by atoms with Crippen molar-refractivity contribution in [1.82, 2.24) is 10.2 Å². The van der Waals surface area contributed by atoms with E-state index < -0.39 is 28.5 Å². The van der Waals surface area contributed by atoms with Crippen LogP contribution in [0.15, 0.2) is 78.9 Å². The van der Waals surface area contributed by atoms with Gasteiger partial charge in [-0.1, -0.05) is 50.6 Å². The Balaban J connectivity index is 1.89. The molecule has 3 rings (SSSR count). The number of sulfonamides is 1. The number of amides is 2. The Morgan fingerprint density at radius 3 is 2.17 bits per heavy atom. The Bertz CT molecular complexity index is 1380. The number of benzene rings is 3. The number of anilines is 1. The molecule has 0 bridgehead atoms. The molecule has 0 saturated carbocycles. The van der Waals surface area contributed by atoms with Crippen LogP contribution >= 0.6 is 0 Å². The molecule has 0 aliphatic heterocycles. The molecule has 1 N–H and O–H groups in total. The highest BCUT2D eigenvalue weighted by Crippen LogP contribution is 2.26. The Morgan fingerprint density at radius 1 is 0.902 bits per heavy atom. The van der Waals surface area contributed by atoms with Gasteiger partial charge in [-0.3, -0.25) is 13.9 Å². The second-order valence-corrected chi connectivity index (χ2v) is 11.5. The van der Waals surface area contributed by atoms with Gasteiger partial charge in [-0.2, -0.15) is 0 Å². The van der Waals surface area contributed by atoms with E-state index in [-0.39, 0.29) is 12.5 Å². The zero-order valence-corrected chi connectivity index (χ0v) is 24.9. The van der Waals surface area contributed by atoms with Gasteiger partial charge in [0, 0.05) is 13.1 Å². The van der Waals surface area contributed by atoms with Crippen LogP contribution in [0.5, 0.6) is 17.2 Å². The SMILES string of the molecule is CCCCNC(=O)[C@@H](CC)N(Cc1cccc(OC)c1)C(=O)CN(c1ccc(Oc2ccccc2)cc1)S(C)(=O)=O. The minimum atomic E-state index is -3.85. The molecule has 0 spiro atoms. The fourth-order valence-corrected chi connectivity index (χ4v) is 5.16. The van der Waals surface area contributed by atoms with E-state index in [4.69, 9.17) is 9.47 Å². The third-order valence-electron chi connectivity index (χ3n) is 6.49. The molecule has 0 aromatic heterocycles. The van der Waals surface area contributed by atoms with Crippen molar-refractivity contribution >= 4 is 27.5 Å². The number of carbonyl (C=O) groups excluding carboxylic acids is 2. The van der Waals surface area contributed by atoms with Gasteiger partial charge in [0.25, 0.3) is 0 Å². The number of para-hydroxylation sites is 1. The predicted molar refractivity (Wildman–Crippen MR) is 161 cm³/mol. The summed E-state index contributed by atoms with van der Waals surface area (Å²) >= 11 is 0. The summed E-state index contributed by atoms with van der Waals surface area (Å²) in [5.41, 5.74) is 1.06. The number of unbranched alkanes of at least 4 members (excludes halogenated alkanes) is 1. The number of carbonyl (C=O) groups is 2. The third-order valence-corrected chi connectivity index (χ3v) is 7.63. The Labute approximate surface area is 243 Å². The van der Waals surface area contributed by atoms with E-state index in [9.17, 15) is 18.0 Å². The lowest BCUT2D eigenvalue weighted by atomic mass is 10.1. The first-order valence-corrected chi connectivity index (χ1v) is 15.5. The summed E-state index contributed by atoms with van der Waals surface area (Å²) in [6.45, 7) is 4.00. The van der Waals surface area contributed by atoms with Crippen molar-refractivity contribution in [2.24, 2.45) is 0 Å². The molecule has 0 heterocycles. The van der Waals surface area contributed by atoms with Crippen molar-refractivity contribution in [1.29, 1.82) is 0 Å². The maximum atomic E-state index is 13.9. The molecule has 1 atom stereocenters. The van der Waals surface area contributed by atoms with Gasteiger partial charge in [-0.25, -0.2) is 8.42 Å². The lowest BCUT2D eigenvalue weighted by Gasteiger charge is -2.33. The fourth-order valence-electron chi connectivity index (χ4n) is 4.31. The molecule has 0 fully saturated rings. The number of nitrogens with one attached hydrogen (secondary N) is 1. The summed E-state index contributed by atoms with van der Waals surface area (Å²) in [4.78, 5) is 28.5. The number of ether oxygens (including phenoxy) is 2. The van der Waals surface area contributed by atoms with Crippen LogP contribution in [0, 0.1) is 0 Å². The first-order chi connectivity index (χ1) is 19.7. The van der Waals surface area contributed by atoms with E-state index in [1.54, 1.807) is 49.6 Å². The second kappa shape index (κ2) is 15.1. The molecule has 0 aliphatic carbocycles. The number of nitrogens with zero attached hydrogens (tertiary/aromatic N) is 2. The summed E-state index contributed by atoms with van der Waals surface area (Å²) in [5.74, 6) is 1.01. The maximum absolute atomic E-state index is 13.9. The van der Waals surface area contributed by atoms with E-state index in [0.717, 1.165) is 29.0 Å². The third kappa shape index (κ3) is 9.24. The summed E-state index contributed by atoms with van der Waals surface area (Å²) in [5, 5.41) is 2.92. The monoisotopic (exact) mass is 581 g/mol. The Morgan fingerprint density at radius 2 is 1.56 bits per heavy atom. The molecule has 3 aromatic rings. The highest BCUT2D eigenvalue weighted by molar-refractivity contribution is 7.92. The topological polar surface area (TPSA) is 105 Å². The van der Waals surface area contributed by atoms with Gasteiger partial charge >= 0.3 is 0 Å². The zero-order chi connectivity index (χ0) is 29.8. The highest BCUT2D eigenvalue weighted by Gasteiger charge is 2.31. The molecular weight excluding hydrogens is 542 g/mol. The number of hydrogen-bond donors (Lipinski definition) is 1. The number of methoxy groups -OCH3 is 1. The Hall–Kier alpha value is -4.05. The van der Waals surface area contributed by atoms with Crippen molar-refractivity contribution in [3.05, 3.63) is 84.4 Å². The lowest BCUT2D eigenvalue weighted by Crippen LogP contribution is -2.52. The van der Waals surface area contributed by atoms with Crippen molar-refractivity contribution in [3.63, 3.8) is 0 Å². The normalized spacial score (nSPS) is 11.8. The highest BCUT2D eigenvalue weighted by atomic mass is 32.2. The largest absolute Gasteiger partial charge is 0.497 e. The molecule has 0 unspecified atom stereocenters. The van der Waals surface area contributed by atoms with Crippen LogP contribution in [-0.4, -0.2) is 57.6 Å². The van der Waals surface area contributed by atoms with Crippen LogP contribution in [0.4, 0.5) is 5.69 Å².